The predicted molar refractivity (Wildman–Crippen MR) is 87.1 cm³/mol. The number of methoxy groups -OCH3 is 1. The Bertz CT molecular complexity index is 457. The van der Waals surface area contributed by atoms with Gasteiger partial charge in [0.25, 0.3) is 0 Å². The normalized spacial score (nSPS) is 23.7. The van der Waals surface area contributed by atoms with Crippen molar-refractivity contribution in [2.45, 2.75) is 57.7 Å². The molecule has 1 heterocycles. The first-order chi connectivity index (χ1) is 10.1. The fourth-order valence-electron chi connectivity index (χ4n) is 2.00. The summed E-state index contributed by atoms with van der Waals surface area (Å²) in [5.74, 6) is -0.711. The monoisotopic (exact) mass is 330 g/mol. The molecule has 0 radical (unpaired) electrons. The Morgan fingerprint density at radius 1 is 1.36 bits per heavy atom. The van der Waals surface area contributed by atoms with E-state index in [2.05, 4.69) is 10.1 Å². The van der Waals surface area contributed by atoms with Gasteiger partial charge in [-0.05, 0) is 37.7 Å². The summed E-state index contributed by atoms with van der Waals surface area (Å²) in [5.41, 5.74) is 6.22. The van der Waals surface area contributed by atoms with Gasteiger partial charge in [0, 0.05) is 0 Å². The van der Waals surface area contributed by atoms with Gasteiger partial charge in [-0.2, -0.15) is 0 Å². The van der Waals surface area contributed by atoms with Crippen LogP contribution in [0.15, 0.2) is 11.0 Å². The van der Waals surface area contributed by atoms with E-state index in [-0.39, 0.29) is 11.9 Å². The number of nitrogens with two attached hydrogens (primary N) is 1. The number of hydrogen-bond acceptors (Lipinski definition) is 7. The molecule has 0 saturated heterocycles. The maximum Gasteiger partial charge on any atom is 0.328 e. The van der Waals surface area contributed by atoms with Crippen LogP contribution in [0.25, 0.3) is 0 Å². The third-order valence-corrected chi connectivity index (χ3v) is 4.25. The summed E-state index contributed by atoms with van der Waals surface area (Å²) >= 11 is 1.38. The van der Waals surface area contributed by atoms with Crippen molar-refractivity contribution >= 4 is 23.7 Å². The number of hydrogen-bond donors (Lipinski definition) is 2. The Kier molecular flexibility index (Phi) is 6.46. The van der Waals surface area contributed by atoms with Gasteiger partial charge >= 0.3 is 11.9 Å². The Morgan fingerprint density at radius 3 is 2.41 bits per heavy atom. The molecule has 0 amide bonds. The molecule has 0 aromatic rings. The average Bonchev–Trinajstić information content (AvgIpc) is 2.43. The molecule has 7 heteroatoms. The molecule has 0 aromatic heterocycles. The number of ether oxygens (including phenoxy) is 2. The quantitative estimate of drug-likeness (QED) is 0.753. The van der Waals surface area contributed by atoms with Crippen LogP contribution < -0.4 is 11.1 Å². The van der Waals surface area contributed by atoms with Crippen molar-refractivity contribution in [2.75, 3.05) is 7.11 Å². The van der Waals surface area contributed by atoms with Crippen LogP contribution in [-0.4, -0.2) is 42.1 Å². The molecule has 1 aliphatic heterocycles. The SMILES string of the molecule is COC(=O)C(N)C1NC(C(=O)OC(C)(C)C)C(C(C)C)=CS1. The van der Waals surface area contributed by atoms with E-state index < -0.39 is 29.0 Å². The highest BCUT2D eigenvalue weighted by Crippen LogP contribution is 2.29. The van der Waals surface area contributed by atoms with E-state index in [1.807, 2.05) is 40.0 Å². The first-order valence-electron chi connectivity index (χ1n) is 7.24. The molecular formula is C15H26N2O4S. The largest absolute Gasteiger partial charge is 0.468 e. The summed E-state index contributed by atoms with van der Waals surface area (Å²) in [6.45, 7) is 9.47. The molecule has 126 valence electrons. The van der Waals surface area contributed by atoms with Crippen molar-refractivity contribution in [2.24, 2.45) is 11.7 Å². The highest BCUT2D eigenvalue weighted by atomic mass is 32.2. The lowest BCUT2D eigenvalue weighted by molar-refractivity contribution is -0.157. The second-order valence-corrected chi connectivity index (χ2v) is 7.53. The maximum atomic E-state index is 12.4. The summed E-state index contributed by atoms with van der Waals surface area (Å²) in [6, 6.07) is -1.47. The fraction of sp³-hybridized carbons (Fsp3) is 0.733. The van der Waals surface area contributed by atoms with Crippen LogP contribution >= 0.6 is 11.8 Å². The third-order valence-electron chi connectivity index (χ3n) is 3.12. The van der Waals surface area contributed by atoms with E-state index >= 15 is 0 Å². The predicted octanol–water partition coefficient (Wildman–Crippen LogP) is 1.40. The number of carbonyl (C=O) groups is 2. The zero-order chi connectivity index (χ0) is 17.1. The minimum Gasteiger partial charge on any atom is -0.468 e. The summed E-state index contributed by atoms with van der Waals surface area (Å²) in [4.78, 5) is 24.0. The Balaban J connectivity index is 2.95. The van der Waals surface area contributed by atoms with Crippen molar-refractivity contribution in [1.82, 2.24) is 5.32 Å². The molecule has 6 nitrogen and oxygen atoms in total. The fourth-order valence-corrected chi connectivity index (χ4v) is 3.21. The number of esters is 2. The van der Waals surface area contributed by atoms with Gasteiger partial charge < -0.3 is 15.2 Å². The van der Waals surface area contributed by atoms with Crippen LogP contribution in [0.3, 0.4) is 0 Å². The topological polar surface area (TPSA) is 90.6 Å². The van der Waals surface area contributed by atoms with Gasteiger partial charge in [0.1, 0.15) is 17.7 Å². The van der Waals surface area contributed by atoms with Gasteiger partial charge in [-0.15, -0.1) is 11.8 Å². The molecule has 0 aliphatic carbocycles. The smallest absolute Gasteiger partial charge is 0.328 e. The minimum atomic E-state index is -0.857. The molecule has 0 spiro atoms. The van der Waals surface area contributed by atoms with Crippen LogP contribution in [0.4, 0.5) is 0 Å². The Labute approximate surface area is 136 Å². The Hall–Kier alpha value is -1.05. The number of thioether (sulfide) groups is 1. The summed E-state index contributed by atoms with van der Waals surface area (Å²) in [6.07, 6.45) is 0. The lowest BCUT2D eigenvalue weighted by Crippen LogP contribution is -2.56. The van der Waals surface area contributed by atoms with E-state index in [1.165, 1.54) is 18.9 Å². The van der Waals surface area contributed by atoms with Gasteiger partial charge in [-0.25, -0.2) is 4.79 Å². The van der Waals surface area contributed by atoms with E-state index in [0.29, 0.717) is 0 Å². The van der Waals surface area contributed by atoms with Gasteiger partial charge in [-0.1, -0.05) is 13.8 Å². The van der Waals surface area contributed by atoms with Gasteiger partial charge in [-0.3, -0.25) is 10.1 Å². The third kappa shape index (κ3) is 5.00. The van der Waals surface area contributed by atoms with Crippen molar-refractivity contribution in [3.63, 3.8) is 0 Å². The summed E-state index contributed by atoms with van der Waals surface area (Å²) in [7, 11) is 1.29. The van der Waals surface area contributed by atoms with Gasteiger partial charge in [0.2, 0.25) is 0 Å². The number of nitrogens with one attached hydrogen (secondary N) is 1. The number of rotatable bonds is 4. The molecule has 0 fully saturated rings. The van der Waals surface area contributed by atoms with E-state index in [1.54, 1.807) is 0 Å². The van der Waals surface area contributed by atoms with E-state index in [9.17, 15) is 9.59 Å². The number of carbonyl (C=O) groups excluding carboxylic acids is 2. The standard InChI is InChI=1S/C15H26N2O4S/c1-8(2)9-7-22-12(10(16)13(18)20-6)17-11(9)14(19)21-15(3,4)5/h7-8,10-12,17H,16H2,1-6H3. The van der Waals surface area contributed by atoms with Crippen molar-refractivity contribution in [3.8, 4) is 0 Å². The first kappa shape index (κ1) is 19.0. The van der Waals surface area contributed by atoms with Gasteiger partial charge in [0.15, 0.2) is 0 Å². The highest BCUT2D eigenvalue weighted by molar-refractivity contribution is 8.02. The van der Waals surface area contributed by atoms with Crippen LogP contribution in [0, 0.1) is 5.92 Å². The lowest BCUT2D eigenvalue weighted by Gasteiger charge is -2.34. The molecule has 1 aliphatic rings. The van der Waals surface area contributed by atoms with Crippen molar-refractivity contribution < 1.29 is 19.1 Å². The van der Waals surface area contributed by atoms with E-state index in [4.69, 9.17) is 10.5 Å². The molecule has 3 N–H and O–H groups in total. The zero-order valence-corrected chi connectivity index (χ0v) is 14.8. The van der Waals surface area contributed by atoms with Crippen LogP contribution in [0.5, 0.6) is 0 Å². The second kappa shape index (κ2) is 7.48. The molecule has 0 bridgehead atoms. The molecule has 22 heavy (non-hydrogen) atoms. The average molecular weight is 330 g/mol. The zero-order valence-electron chi connectivity index (χ0n) is 14.0. The molecular weight excluding hydrogens is 304 g/mol. The Morgan fingerprint density at radius 2 is 1.95 bits per heavy atom. The second-order valence-electron chi connectivity index (χ2n) is 6.51. The lowest BCUT2D eigenvalue weighted by atomic mass is 9.96. The molecule has 0 saturated carbocycles. The molecule has 1 rings (SSSR count). The minimum absolute atomic E-state index is 0.174. The van der Waals surface area contributed by atoms with Crippen molar-refractivity contribution in [1.29, 1.82) is 0 Å². The maximum absolute atomic E-state index is 12.4. The molecule has 3 atom stereocenters. The van der Waals surface area contributed by atoms with Crippen molar-refractivity contribution in [3.05, 3.63) is 11.0 Å². The summed E-state index contributed by atoms with van der Waals surface area (Å²) in [5, 5.41) is 4.57. The van der Waals surface area contributed by atoms with Crippen LogP contribution in [0.1, 0.15) is 34.6 Å². The van der Waals surface area contributed by atoms with E-state index in [0.717, 1.165) is 5.57 Å². The molecule has 3 unspecified atom stereocenters. The van der Waals surface area contributed by atoms with Crippen LogP contribution in [0.2, 0.25) is 0 Å². The van der Waals surface area contributed by atoms with Crippen LogP contribution in [-0.2, 0) is 19.1 Å². The highest BCUT2D eigenvalue weighted by Gasteiger charge is 2.37. The molecule has 0 aromatic carbocycles. The van der Waals surface area contributed by atoms with Gasteiger partial charge in [0.05, 0.1) is 12.5 Å². The summed E-state index contributed by atoms with van der Waals surface area (Å²) < 4.78 is 10.1. The first-order valence-corrected chi connectivity index (χ1v) is 8.19.